The average Bonchev–Trinajstić information content (AvgIpc) is 3.66. The summed E-state index contributed by atoms with van der Waals surface area (Å²) in [6, 6.07) is 14.8. The highest BCUT2D eigenvalue weighted by Gasteiger charge is 2.23. The van der Waals surface area contributed by atoms with E-state index in [0.29, 0.717) is 11.9 Å². The minimum atomic E-state index is -0.130. The molecule has 5 N–H and O–H groups in total. The minimum absolute atomic E-state index is 0.0220. The first-order valence-electron chi connectivity index (χ1n) is 11.7. The fraction of sp³-hybridized carbons (Fsp3) is 0.320. The van der Waals surface area contributed by atoms with Gasteiger partial charge in [-0.25, -0.2) is 4.98 Å². The molecule has 2 aromatic heterocycles. The molecule has 4 heterocycles. The van der Waals surface area contributed by atoms with Crippen LogP contribution in [0, 0.1) is 0 Å². The van der Waals surface area contributed by atoms with Gasteiger partial charge in [-0.1, -0.05) is 30.3 Å². The van der Waals surface area contributed by atoms with Gasteiger partial charge in [0.1, 0.15) is 5.82 Å². The third-order valence-electron chi connectivity index (χ3n) is 6.70. The molecule has 8 nitrogen and oxygen atoms in total. The van der Waals surface area contributed by atoms with Crippen LogP contribution in [-0.4, -0.2) is 45.2 Å². The number of carbonyl (C=O) groups excluding carboxylic acids is 1. The molecule has 2 saturated heterocycles. The van der Waals surface area contributed by atoms with Crippen molar-refractivity contribution < 1.29 is 4.79 Å². The second-order valence-corrected chi connectivity index (χ2v) is 8.88. The van der Waals surface area contributed by atoms with Gasteiger partial charge in [-0.05, 0) is 67.6 Å². The third-order valence-corrected chi connectivity index (χ3v) is 6.70. The summed E-state index contributed by atoms with van der Waals surface area (Å²) in [6.07, 6.45) is 6.14. The van der Waals surface area contributed by atoms with Crippen molar-refractivity contribution in [2.45, 2.75) is 37.8 Å². The molecule has 2 unspecified atom stereocenters. The fourth-order valence-corrected chi connectivity index (χ4v) is 4.83. The summed E-state index contributed by atoms with van der Waals surface area (Å²) in [5.74, 6) is 1.58. The van der Waals surface area contributed by atoms with Gasteiger partial charge in [0.2, 0.25) is 5.91 Å². The number of aromatic nitrogens is 4. The highest BCUT2D eigenvalue weighted by molar-refractivity contribution is 6.02. The molecule has 6 rings (SSSR count). The predicted molar refractivity (Wildman–Crippen MR) is 129 cm³/mol. The molecule has 2 fully saturated rings. The highest BCUT2D eigenvalue weighted by Crippen LogP contribution is 2.30. The number of carbonyl (C=O) groups is 1. The number of H-pyrrole nitrogens is 2. The Morgan fingerprint density at radius 1 is 0.939 bits per heavy atom. The number of nitrogens with zero attached hydrogens (tertiary/aromatic N) is 2. The molecule has 8 heteroatoms. The van der Waals surface area contributed by atoms with Gasteiger partial charge in [0.25, 0.3) is 0 Å². The van der Waals surface area contributed by atoms with E-state index in [0.717, 1.165) is 71.5 Å². The van der Waals surface area contributed by atoms with Gasteiger partial charge in [-0.2, -0.15) is 5.10 Å². The Bertz CT molecular complexity index is 1280. The molecule has 2 aliphatic rings. The second kappa shape index (κ2) is 8.46. The molecule has 1 amide bonds. The lowest BCUT2D eigenvalue weighted by Crippen LogP contribution is -2.35. The zero-order valence-electron chi connectivity index (χ0n) is 18.3. The van der Waals surface area contributed by atoms with Gasteiger partial charge in [0.15, 0.2) is 5.82 Å². The number of hydrogen-bond donors (Lipinski definition) is 5. The summed E-state index contributed by atoms with van der Waals surface area (Å²) in [4.78, 5) is 20.5. The van der Waals surface area contributed by atoms with Gasteiger partial charge in [0.05, 0.1) is 29.5 Å². The molecule has 0 radical (unpaired) electrons. The van der Waals surface area contributed by atoms with E-state index in [1.54, 1.807) is 0 Å². The maximum atomic E-state index is 12.4. The second-order valence-electron chi connectivity index (χ2n) is 8.88. The summed E-state index contributed by atoms with van der Waals surface area (Å²) >= 11 is 0. The summed E-state index contributed by atoms with van der Waals surface area (Å²) in [6.45, 7) is 1.95. The predicted octanol–water partition coefficient (Wildman–Crippen LogP) is 3.74. The zero-order chi connectivity index (χ0) is 22.2. The molecule has 2 aromatic carbocycles. The SMILES string of the molecule is O=C(Nc1n[nH]c2cc(-c3ccc(-c4cnc(C5CCCN5)[nH]4)cc3)ccc12)C1CCCN1. The standard InChI is InChI=1S/C25H27N7O/c33-25(20-4-2-12-27-20)30-23-18-10-9-17(13-21(18)31-32-23)15-5-7-16(8-6-15)22-14-28-24(29-22)19-3-1-11-26-19/h5-10,13-14,19-20,26-27H,1-4,11-12H2,(H,28,29)(H2,30,31,32,33). The minimum Gasteiger partial charge on any atom is -0.341 e. The van der Waals surface area contributed by atoms with Crippen molar-refractivity contribution in [1.29, 1.82) is 0 Å². The summed E-state index contributed by atoms with van der Waals surface area (Å²) in [7, 11) is 0. The maximum absolute atomic E-state index is 12.4. The first-order chi connectivity index (χ1) is 16.2. The molecule has 33 heavy (non-hydrogen) atoms. The van der Waals surface area contributed by atoms with Gasteiger partial charge in [-0.15, -0.1) is 0 Å². The van der Waals surface area contributed by atoms with Gasteiger partial charge in [0, 0.05) is 5.39 Å². The lowest BCUT2D eigenvalue weighted by Gasteiger charge is -2.09. The average molecular weight is 442 g/mol. The van der Waals surface area contributed by atoms with Crippen molar-refractivity contribution in [3.8, 4) is 22.4 Å². The smallest absolute Gasteiger partial charge is 0.242 e. The number of nitrogens with one attached hydrogen (secondary N) is 5. The van der Waals surface area contributed by atoms with Crippen LogP contribution in [0.5, 0.6) is 0 Å². The van der Waals surface area contributed by atoms with E-state index < -0.39 is 0 Å². The highest BCUT2D eigenvalue weighted by atomic mass is 16.2. The molecule has 0 spiro atoms. The summed E-state index contributed by atoms with van der Waals surface area (Å²) in [5.41, 5.74) is 5.25. The van der Waals surface area contributed by atoms with Gasteiger partial charge < -0.3 is 20.9 Å². The van der Waals surface area contributed by atoms with Crippen LogP contribution in [0.1, 0.15) is 37.5 Å². The van der Waals surface area contributed by atoms with Gasteiger partial charge >= 0.3 is 0 Å². The van der Waals surface area contributed by atoms with Crippen molar-refractivity contribution in [3.63, 3.8) is 0 Å². The van der Waals surface area contributed by atoms with E-state index in [1.165, 1.54) is 6.42 Å². The molecular weight excluding hydrogens is 414 g/mol. The monoisotopic (exact) mass is 441 g/mol. The number of fused-ring (bicyclic) bond motifs is 1. The van der Waals surface area contributed by atoms with Crippen molar-refractivity contribution in [2.75, 3.05) is 18.4 Å². The maximum Gasteiger partial charge on any atom is 0.242 e. The Hall–Kier alpha value is -3.49. The number of hydrogen-bond acceptors (Lipinski definition) is 5. The topological polar surface area (TPSA) is 111 Å². The van der Waals surface area contributed by atoms with Crippen LogP contribution >= 0.6 is 0 Å². The molecule has 0 aliphatic carbocycles. The molecule has 4 aromatic rings. The Labute approximate surface area is 191 Å². The summed E-state index contributed by atoms with van der Waals surface area (Å²) < 4.78 is 0. The quantitative estimate of drug-likeness (QED) is 0.324. The molecular formula is C25H27N7O. The fourth-order valence-electron chi connectivity index (χ4n) is 4.83. The van der Waals surface area contributed by atoms with Crippen molar-refractivity contribution in [2.24, 2.45) is 0 Å². The van der Waals surface area contributed by atoms with E-state index in [9.17, 15) is 4.79 Å². The molecule has 0 saturated carbocycles. The number of amides is 1. The zero-order valence-corrected chi connectivity index (χ0v) is 18.3. The van der Waals surface area contributed by atoms with Crippen LogP contribution in [0.3, 0.4) is 0 Å². The van der Waals surface area contributed by atoms with E-state index >= 15 is 0 Å². The van der Waals surface area contributed by atoms with E-state index in [-0.39, 0.29) is 11.9 Å². The Morgan fingerprint density at radius 3 is 2.52 bits per heavy atom. The number of rotatable bonds is 5. The van der Waals surface area contributed by atoms with Gasteiger partial charge in [-0.3, -0.25) is 9.89 Å². The van der Waals surface area contributed by atoms with E-state index in [1.807, 2.05) is 12.3 Å². The molecule has 2 atom stereocenters. The Kier molecular flexibility index (Phi) is 5.16. The lowest BCUT2D eigenvalue weighted by molar-refractivity contribution is -0.117. The van der Waals surface area contributed by atoms with E-state index in [2.05, 4.69) is 72.5 Å². The lowest BCUT2D eigenvalue weighted by atomic mass is 10.0. The third kappa shape index (κ3) is 3.92. The first-order valence-corrected chi connectivity index (χ1v) is 11.7. The number of aromatic amines is 2. The van der Waals surface area contributed by atoms with Crippen LogP contribution in [0.25, 0.3) is 33.3 Å². The Morgan fingerprint density at radius 2 is 1.73 bits per heavy atom. The molecule has 2 aliphatic heterocycles. The summed E-state index contributed by atoms with van der Waals surface area (Å²) in [5, 5.41) is 18.0. The van der Waals surface area contributed by atoms with Crippen LogP contribution < -0.4 is 16.0 Å². The molecule has 0 bridgehead atoms. The van der Waals surface area contributed by atoms with Crippen molar-refractivity contribution in [1.82, 2.24) is 30.8 Å². The number of anilines is 1. The van der Waals surface area contributed by atoms with Crippen LogP contribution in [0.15, 0.2) is 48.7 Å². The first kappa shape index (κ1) is 20.1. The van der Waals surface area contributed by atoms with Crippen LogP contribution in [0.4, 0.5) is 5.82 Å². The van der Waals surface area contributed by atoms with Crippen molar-refractivity contribution in [3.05, 3.63) is 54.5 Å². The number of benzene rings is 2. The Balaban J connectivity index is 1.20. The van der Waals surface area contributed by atoms with Crippen LogP contribution in [-0.2, 0) is 4.79 Å². The largest absolute Gasteiger partial charge is 0.341 e. The number of imidazole rings is 1. The van der Waals surface area contributed by atoms with E-state index in [4.69, 9.17) is 0 Å². The van der Waals surface area contributed by atoms with Crippen LogP contribution in [0.2, 0.25) is 0 Å². The normalized spacial score (nSPS) is 20.5. The molecule has 168 valence electrons. The van der Waals surface area contributed by atoms with Crippen molar-refractivity contribution >= 4 is 22.6 Å².